The van der Waals surface area contributed by atoms with Crippen molar-refractivity contribution in [3.8, 4) is 5.75 Å². The summed E-state index contributed by atoms with van der Waals surface area (Å²) in [6.07, 6.45) is 6.63. The van der Waals surface area contributed by atoms with Crippen molar-refractivity contribution in [1.82, 2.24) is 9.80 Å². The normalized spacial score (nSPS) is 27.0. The summed E-state index contributed by atoms with van der Waals surface area (Å²) in [6, 6.07) is 5.88. The zero-order valence-corrected chi connectivity index (χ0v) is 19.6. The second-order valence-corrected chi connectivity index (χ2v) is 9.99. The molecule has 1 spiro atoms. The van der Waals surface area contributed by atoms with E-state index in [9.17, 15) is 14.7 Å². The summed E-state index contributed by atoms with van der Waals surface area (Å²) in [5.74, 6) is 0.678. The van der Waals surface area contributed by atoms with Crippen LogP contribution < -0.4 is 4.74 Å². The molecule has 7 nitrogen and oxygen atoms in total. The topological polar surface area (TPSA) is 79.3 Å². The molecule has 1 aromatic carbocycles. The SMILES string of the molecule is CC(=O)N(C)[C@H]1CC2(CCN(C(=O)COc3ccc4c(c3)CCCC4)CC2)OC[C@]1(C)O. The van der Waals surface area contributed by atoms with E-state index < -0.39 is 11.2 Å². The molecule has 2 fully saturated rings. The van der Waals surface area contributed by atoms with E-state index in [4.69, 9.17) is 9.47 Å². The largest absolute Gasteiger partial charge is 0.484 e. The highest BCUT2D eigenvalue weighted by molar-refractivity contribution is 5.78. The molecule has 1 aromatic rings. The standard InChI is InChI=1S/C25H36N2O5/c1-18(28)26(3)22-15-25(32-17-24(22,2)30)10-12-27(13-11-25)23(29)16-31-21-9-8-19-6-4-5-7-20(19)14-21/h8-9,14,22,30H,4-7,10-13,15-17H2,1-3H3/t22-,24-/m0/s1. The smallest absolute Gasteiger partial charge is 0.260 e. The maximum absolute atomic E-state index is 12.8. The van der Waals surface area contributed by atoms with Crippen LogP contribution >= 0.6 is 0 Å². The molecule has 2 aliphatic heterocycles. The van der Waals surface area contributed by atoms with E-state index in [0.29, 0.717) is 32.4 Å². The summed E-state index contributed by atoms with van der Waals surface area (Å²) in [7, 11) is 1.73. The number of amides is 2. The number of carbonyl (C=O) groups excluding carboxylic acids is 2. The molecular weight excluding hydrogens is 408 g/mol. The van der Waals surface area contributed by atoms with Gasteiger partial charge in [0.25, 0.3) is 5.91 Å². The van der Waals surface area contributed by atoms with Gasteiger partial charge in [-0.15, -0.1) is 0 Å². The zero-order chi connectivity index (χ0) is 22.9. The van der Waals surface area contributed by atoms with E-state index in [1.54, 1.807) is 18.9 Å². The van der Waals surface area contributed by atoms with Crippen LogP contribution in [0.25, 0.3) is 0 Å². The molecule has 0 bridgehead atoms. The predicted octanol–water partition coefficient (Wildman–Crippen LogP) is 2.32. The molecule has 0 radical (unpaired) electrons. The molecule has 1 aliphatic carbocycles. The van der Waals surface area contributed by atoms with Gasteiger partial charge < -0.3 is 24.4 Å². The van der Waals surface area contributed by atoms with Gasteiger partial charge in [-0.05, 0) is 75.1 Å². The van der Waals surface area contributed by atoms with Crippen LogP contribution in [0.5, 0.6) is 5.75 Å². The van der Waals surface area contributed by atoms with Gasteiger partial charge in [-0.2, -0.15) is 0 Å². The van der Waals surface area contributed by atoms with Crippen molar-refractivity contribution in [2.24, 2.45) is 0 Å². The Balaban J connectivity index is 1.31. The fourth-order valence-corrected chi connectivity index (χ4v) is 5.35. The Kier molecular flexibility index (Phi) is 6.50. The molecule has 2 saturated heterocycles. The first kappa shape index (κ1) is 23.1. The minimum atomic E-state index is -1.08. The molecule has 0 aromatic heterocycles. The first-order valence-electron chi connectivity index (χ1n) is 11.8. The van der Waals surface area contributed by atoms with Crippen LogP contribution in [0.2, 0.25) is 0 Å². The van der Waals surface area contributed by atoms with E-state index in [2.05, 4.69) is 12.1 Å². The van der Waals surface area contributed by atoms with Gasteiger partial charge in [0.2, 0.25) is 5.91 Å². The highest BCUT2D eigenvalue weighted by atomic mass is 16.5. The third-order valence-electron chi connectivity index (χ3n) is 7.63. The number of nitrogens with zero attached hydrogens (tertiary/aromatic N) is 2. The zero-order valence-electron chi connectivity index (χ0n) is 19.6. The van der Waals surface area contributed by atoms with Crippen molar-refractivity contribution in [3.63, 3.8) is 0 Å². The molecule has 0 unspecified atom stereocenters. The number of aliphatic hydroxyl groups is 1. The van der Waals surface area contributed by atoms with Gasteiger partial charge >= 0.3 is 0 Å². The lowest BCUT2D eigenvalue weighted by atomic mass is 9.77. The Bertz CT molecular complexity index is 860. The number of likely N-dealkylation sites (tertiary alicyclic amines) is 1. The average molecular weight is 445 g/mol. The maximum Gasteiger partial charge on any atom is 0.260 e. The first-order valence-corrected chi connectivity index (χ1v) is 11.8. The number of hydrogen-bond donors (Lipinski definition) is 1. The minimum absolute atomic E-state index is 0.0159. The van der Waals surface area contributed by atoms with Crippen LogP contribution in [0.15, 0.2) is 18.2 Å². The number of aryl methyl sites for hydroxylation is 2. The Morgan fingerprint density at radius 2 is 1.91 bits per heavy atom. The van der Waals surface area contributed by atoms with E-state index >= 15 is 0 Å². The van der Waals surface area contributed by atoms with Gasteiger partial charge in [0.05, 0.1) is 18.2 Å². The predicted molar refractivity (Wildman–Crippen MR) is 121 cm³/mol. The lowest BCUT2D eigenvalue weighted by Crippen LogP contribution is -2.64. The van der Waals surface area contributed by atoms with Gasteiger partial charge in [-0.1, -0.05) is 6.07 Å². The van der Waals surface area contributed by atoms with Gasteiger partial charge in [-0.25, -0.2) is 0 Å². The van der Waals surface area contributed by atoms with Crippen LogP contribution in [0.3, 0.4) is 0 Å². The average Bonchev–Trinajstić information content (AvgIpc) is 2.79. The number of rotatable bonds is 4. The third-order valence-corrected chi connectivity index (χ3v) is 7.63. The highest BCUT2D eigenvalue weighted by Crippen LogP contribution is 2.40. The van der Waals surface area contributed by atoms with Crippen LogP contribution in [0.4, 0.5) is 0 Å². The number of ether oxygens (including phenoxy) is 2. The number of likely N-dealkylation sites (N-methyl/N-ethyl adjacent to an activating group) is 1. The van der Waals surface area contributed by atoms with Crippen molar-refractivity contribution < 1.29 is 24.2 Å². The molecule has 2 amide bonds. The summed E-state index contributed by atoms with van der Waals surface area (Å²) < 4.78 is 12.0. The molecule has 2 atom stereocenters. The molecule has 32 heavy (non-hydrogen) atoms. The quantitative estimate of drug-likeness (QED) is 0.771. The third kappa shape index (κ3) is 4.79. The Hall–Kier alpha value is -2.12. The van der Waals surface area contributed by atoms with Crippen LogP contribution in [-0.2, 0) is 27.2 Å². The molecule has 1 N–H and O–H groups in total. The minimum Gasteiger partial charge on any atom is -0.484 e. The monoisotopic (exact) mass is 444 g/mol. The summed E-state index contributed by atoms with van der Waals surface area (Å²) in [5.41, 5.74) is 1.25. The van der Waals surface area contributed by atoms with Crippen LogP contribution in [-0.4, -0.2) is 77.3 Å². The van der Waals surface area contributed by atoms with E-state index in [-0.39, 0.29) is 31.1 Å². The summed E-state index contributed by atoms with van der Waals surface area (Å²) in [5, 5.41) is 10.8. The maximum atomic E-state index is 12.8. The molecule has 176 valence electrons. The molecule has 0 saturated carbocycles. The van der Waals surface area contributed by atoms with Crippen LogP contribution in [0, 0.1) is 0 Å². The lowest BCUT2D eigenvalue weighted by molar-refractivity contribution is -0.209. The highest BCUT2D eigenvalue weighted by Gasteiger charge is 2.50. The number of hydrogen-bond acceptors (Lipinski definition) is 5. The van der Waals surface area contributed by atoms with Gasteiger partial charge in [-0.3, -0.25) is 9.59 Å². The van der Waals surface area contributed by atoms with E-state index in [1.165, 1.54) is 30.9 Å². The molecule has 4 rings (SSSR count). The second-order valence-electron chi connectivity index (χ2n) is 9.99. The Morgan fingerprint density at radius 3 is 2.59 bits per heavy atom. The van der Waals surface area contributed by atoms with Gasteiger partial charge in [0.1, 0.15) is 11.4 Å². The van der Waals surface area contributed by atoms with Crippen molar-refractivity contribution in [3.05, 3.63) is 29.3 Å². The van der Waals surface area contributed by atoms with E-state index in [1.807, 2.05) is 11.0 Å². The fourth-order valence-electron chi connectivity index (χ4n) is 5.35. The van der Waals surface area contributed by atoms with Crippen molar-refractivity contribution in [2.75, 3.05) is 33.4 Å². The summed E-state index contributed by atoms with van der Waals surface area (Å²) in [4.78, 5) is 28.1. The summed E-state index contributed by atoms with van der Waals surface area (Å²) in [6.45, 7) is 4.64. The van der Waals surface area contributed by atoms with Crippen molar-refractivity contribution >= 4 is 11.8 Å². The lowest BCUT2D eigenvalue weighted by Gasteiger charge is -2.52. The van der Waals surface area contributed by atoms with Gasteiger partial charge in [0, 0.05) is 27.1 Å². The first-order chi connectivity index (χ1) is 15.2. The Labute approximate surface area is 190 Å². The molecule has 2 heterocycles. The number of benzene rings is 1. The Morgan fingerprint density at radius 1 is 1.22 bits per heavy atom. The van der Waals surface area contributed by atoms with Crippen molar-refractivity contribution in [2.45, 2.75) is 76.0 Å². The number of piperidine rings is 1. The van der Waals surface area contributed by atoms with E-state index in [0.717, 1.165) is 18.6 Å². The fraction of sp³-hybridized carbons (Fsp3) is 0.680. The molecular formula is C25H36N2O5. The molecule has 3 aliphatic rings. The summed E-state index contributed by atoms with van der Waals surface area (Å²) >= 11 is 0. The van der Waals surface area contributed by atoms with Crippen LogP contribution in [0.1, 0.15) is 57.1 Å². The van der Waals surface area contributed by atoms with Gasteiger partial charge in [0.15, 0.2) is 6.61 Å². The number of fused-ring (bicyclic) bond motifs is 1. The van der Waals surface area contributed by atoms with Crippen molar-refractivity contribution in [1.29, 1.82) is 0 Å². The number of carbonyl (C=O) groups is 2. The second kappa shape index (κ2) is 9.02. The molecule has 7 heteroatoms.